The first-order chi connectivity index (χ1) is 16.2. The molecule has 170 valence electrons. The van der Waals surface area contributed by atoms with Crippen LogP contribution in [0.25, 0.3) is 0 Å². The Morgan fingerprint density at radius 3 is 1.58 bits per heavy atom. The second kappa shape index (κ2) is 11.6. The van der Waals surface area contributed by atoms with Crippen molar-refractivity contribution in [3.8, 4) is 0 Å². The number of rotatable bonds is 7. The highest BCUT2D eigenvalue weighted by Gasteiger charge is 2.22. The molecule has 1 aliphatic carbocycles. The molecule has 0 heterocycles. The van der Waals surface area contributed by atoms with Crippen LogP contribution in [0.4, 0.5) is 17.1 Å². The molecule has 1 saturated carbocycles. The summed E-state index contributed by atoms with van der Waals surface area (Å²) in [6.07, 6.45) is 9.07. The Hall–Kier alpha value is -3.20. The number of anilines is 3. The number of benzene rings is 3. The normalized spacial score (nSPS) is 15.2. The van der Waals surface area contributed by atoms with E-state index in [1.165, 1.54) is 25.7 Å². The largest absolute Gasteiger partial charge is 0.311 e. The van der Waals surface area contributed by atoms with Crippen molar-refractivity contribution >= 4 is 28.6 Å². The molecule has 0 amide bonds. The Kier molecular flexibility index (Phi) is 8.08. The predicted molar refractivity (Wildman–Crippen MR) is 136 cm³/mol. The van der Waals surface area contributed by atoms with Gasteiger partial charge in [0.2, 0.25) is 0 Å². The molecule has 0 saturated heterocycles. The van der Waals surface area contributed by atoms with Gasteiger partial charge >= 0.3 is 0 Å². The van der Waals surface area contributed by atoms with Crippen LogP contribution in [0.5, 0.6) is 0 Å². The lowest BCUT2D eigenvalue weighted by Gasteiger charge is -2.25. The number of carbonyl (C=O) groups excluding carboxylic acids is 2. The zero-order valence-electron chi connectivity index (χ0n) is 19.3. The lowest BCUT2D eigenvalue weighted by atomic mass is 9.89. The quantitative estimate of drug-likeness (QED) is 0.276. The van der Waals surface area contributed by atoms with Crippen molar-refractivity contribution in [1.29, 1.82) is 0 Å². The molecule has 0 aliphatic heterocycles. The Morgan fingerprint density at radius 1 is 0.606 bits per heavy atom. The van der Waals surface area contributed by atoms with Crippen LogP contribution in [0.3, 0.4) is 0 Å². The fraction of sp³-hybridized carbons (Fsp3) is 0.333. The fourth-order valence-electron chi connectivity index (χ4n) is 4.76. The first kappa shape index (κ1) is 23.0. The number of Topliss-reactive ketones (excluding diaryl/α,β-unsaturated/α-hetero) is 2. The second-order valence-corrected chi connectivity index (χ2v) is 9.02. The van der Waals surface area contributed by atoms with Crippen LogP contribution in [0, 0.1) is 5.92 Å². The van der Waals surface area contributed by atoms with Gasteiger partial charge in [-0.1, -0.05) is 74.9 Å². The Bertz CT molecular complexity index is 978. The molecule has 4 rings (SSSR count). The van der Waals surface area contributed by atoms with E-state index in [1.807, 2.05) is 60.7 Å². The molecule has 0 atom stereocenters. The lowest BCUT2D eigenvalue weighted by molar-refractivity contribution is -0.122. The number of ketones is 2. The van der Waals surface area contributed by atoms with Crippen molar-refractivity contribution in [2.75, 3.05) is 4.90 Å². The van der Waals surface area contributed by atoms with Crippen LogP contribution < -0.4 is 4.90 Å². The third-order valence-corrected chi connectivity index (χ3v) is 6.62. The summed E-state index contributed by atoms with van der Waals surface area (Å²) >= 11 is 0. The van der Waals surface area contributed by atoms with E-state index < -0.39 is 0 Å². The van der Waals surface area contributed by atoms with Crippen molar-refractivity contribution in [2.45, 2.75) is 57.8 Å². The van der Waals surface area contributed by atoms with E-state index in [0.717, 1.165) is 42.7 Å². The van der Waals surface area contributed by atoms with Crippen LogP contribution >= 0.6 is 0 Å². The van der Waals surface area contributed by atoms with Gasteiger partial charge in [0.05, 0.1) is 6.42 Å². The monoisotopic (exact) mass is 439 g/mol. The van der Waals surface area contributed by atoms with E-state index >= 15 is 0 Å². The maximum absolute atomic E-state index is 12.9. The topological polar surface area (TPSA) is 37.4 Å². The van der Waals surface area contributed by atoms with Crippen molar-refractivity contribution in [1.82, 2.24) is 0 Å². The summed E-state index contributed by atoms with van der Waals surface area (Å²) < 4.78 is 0. The summed E-state index contributed by atoms with van der Waals surface area (Å²) in [5, 5.41) is 0. The molecule has 0 bridgehead atoms. The van der Waals surface area contributed by atoms with Crippen LogP contribution in [0.1, 0.15) is 68.1 Å². The third kappa shape index (κ3) is 6.19. The minimum atomic E-state index is -0.0719. The molecular formula is C30H33NO2. The van der Waals surface area contributed by atoms with Gasteiger partial charge in [0.25, 0.3) is 0 Å². The molecule has 0 unspecified atom stereocenters. The summed E-state index contributed by atoms with van der Waals surface area (Å²) in [7, 11) is 0. The lowest BCUT2D eigenvalue weighted by Crippen LogP contribution is -2.18. The number of carbonyl (C=O) groups is 2. The van der Waals surface area contributed by atoms with E-state index in [0.29, 0.717) is 5.56 Å². The number of para-hydroxylation sites is 2. The molecule has 0 N–H and O–H groups in total. The second-order valence-electron chi connectivity index (χ2n) is 9.02. The van der Waals surface area contributed by atoms with Gasteiger partial charge in [0.1, 0.15) is 5.78 Å². The van der Waals surface area contributed by atoms with Gasteiger partial charge in [-0.05, 0) is 61.4 Å². The number of hydrogen-bond donors (Lipinski definition) is 0. The molecule has 1 fully saturated rings. The van der Waals surface area contributed by atoms with Crippen LogP contribution in [-0.4, -0.2) is 11.6 Å². The summed E-state index contributed by atoms with van der Waals surface area (Å²) in [4.78, 5) is 27.9. The van der Waals surface area contributed by atoms with Gasteiger partial charge in [0.15, 0.2) is 5.78 Å². The molecule has 33 heavy (non-hydrogen) atoms. The summed E-state index contributed by atoms with van der Waals surface area (Å²) in [6, 6.07) is 28.0. The van der Waals surface area contributed by atoms with Crippen molar-refractivity contribution in [3.05, 3.63) is 90.5 Å². The maximum atomic E-state index is 12.9. The molecule has 3 aromatic carbocycles. The van der Waals surface area contributed by atoms with E-state index in [2.05, 4.69) is 29.2 Å². The van der Waals surface area contributed by atoms with Crippen molar-refractivity contribution in [3.63, 3.8) is 0 Å². The Balaban J connectivity index is 1.48. The minimum Gasteiger partial charge on any atom is -0.311 e. The van der Waals surface area contributed by atoms with Crippen LogP contribution in [-0.2, 0) is 4.79 Å². The average Bonchev–Trinajstić information content (AvgIpc) is 3.00. The Labute approximate surface area is 197 Å². The Morgan fingerprint density at radius 2 is 1.06 bits per heavy atom. The van der Waals surface area contributed by atoms with Gasteiger partial charge in [-0.2, -0.15) is 0 Å². The highest BCUT2D eigenvalue weighted by molar-refractivity contribution is 6.08. The first-order valence-electron chi connectivity index (χ1n) is 12.3. The first-order valence-corrected chi connectivity index (χ1v) is 12.3. The molecule has 3 aromatic rings. The third-order valence-electron chi connectivity index (χ3n) is 6.62. The molecule has 0 radical (unpaired) electrons. The van der Waals surface area contributed by atoms with Crippen molar-refractivity contribution < 1.29 is 9.59 Å². The minimum absolute atomic E-state index is 0.0189. The van der Waals surface area contributed by atoms with Gasteiger partial charge in [-0.3, -0.25) is 9.59 Å². The van der Waals surface area contributed by atoms with Crippen LogP contribution in [0.2, 0.25) is 0 Å². The zero-order valence-corrected chi connectivity index (χ0v) is 19.3. The van der Waals surface area contributed by atoms with Crippen LogP contribution in [0.15, 0.2) is 84.9 Å². The average molecular weight is 440 g/mol. The van der Waals surface area contributed by atoms with Gasteiger partial charge in [-0.15, -0.1) is 0 Å². The molecule has 3 nitrogen and oxygen atoms in total. The summed E-state index contributed by atoms with van der Waals surface area (Å²) in [5.74, 6) is 0.108. The SMILES string of the molecule is O=C(CC(=O)C1CCCCCCCC1)c1ccc(N(c2ccccc2)c2ccccc2)cc1. The highest BCUT2D eigenvalue weighted by atomic mass is 16.1. The highest BCUT2D eigenvalue weighted by Crippen LogP contribution is 2.34. The smallest absolute Gasteiger partial charge is 0.170 e. The standard InChI is InChI=1S/C30H33NO2/c32-29(24-13-7-3-1-2-4-8-14-24)23-30(33)25-19-21-28(22-20-25)31(26-15-9-5-10-16-26)27-17-11-6-12-18-27/h5-6,9-12,15-22,24H,1-4,7-8,13-14,23H2. The van der Waals surface area contributed by atoms with Crippen molar-refractivity contribution in [2.24, 2.45) is 5.92 Å². The van der Waals surface area contributed by atoms with Gasteiger partial charge in [0, 0.05) is 28.5 Å². The van der Waals surface area contributed by atoms with E-state index in [9.17, 15) is 9.59 Å². The van der Waals surface area contributed by atoms with E-state index in [1.54, 1.807) is 0 Å². The maximum Gasteiger partial charge on any atom is 0.170 e. The molecule has 3 heteroatoms. The fourth-order valence-corrected chi connectivity index (χ4v) is 4.76. The summed E-state index contributed by atoms with van der Waals surface area (Å²) in [6.45, 7) is 0. The summed E-state index contributed by atoms with van der Waals surface area (Å²) in [5.41, 5.74) is 3.69. The number of hydrogen-bond acceptors (Lipinski definition) is 3. The number of nitrogens with zero attached hydrogens (tertiary/aromatic N) is 1. The van der Waals surface area contributed by atoms with Gasteiger partial charge < -0.3 is 4.90 Å². The molecule has 0 aromatic heterocycles. The van der Waals surface area contributed by atoms with E-state index in [-0.39, 0.29) is 23.9 Å². The predicted octanol–water partition coefficient (Wildman–Crippen LogP) is 8.05. The molecule has 0 spiro atoms. The zero-order chi connectivity index (χ0) is 22.9. The molecule has 1 aliphatic rings. The van der Waals surface area contributed by atoms with E-state index in [4.69, 9.17) is 0 Å². The van der Waals surface area contributed by atoms with Gasteiger partial charge in [-0.25, -0.2) is 0 Å². The molecular weight excluding hydrogens is 406 g/mol.